The summed E-state index contributed by atoms with van der Waals surface area (Å²) in [5.41, 5.74) is 4.99. The summed E-state index contributed by atoms with van der Waals surface area (Å²) < 4.78 is 18.8. The Morgan fingerprint density at radius 2 is 1.60 bits per heavy atom. The highest BCUT2D eigenvalue weighted by molar-refractivity contribution is 6.06. The molecule has 3 aliphatic heterocycles. The van der Waals surface area contributed by atoms with Gasteiger partial charge in [-0.3, -0.25) is 19.4 Å². The Morgan fingerprint density at radius 1 is 0.904 bits per heavy atom. The molecule has 3 aromatic rings. The lowest BCUT2D eigenvalue weighted by Gasteiger charge is -2.43. The normalized spacial score (nSPS) is 30.1. The van der Waals surface area contributed by atoms with Gasteiger partial charge in [0.15, 0.2) is 6.29 Å². The summed E-state index contributed by atoms with van der Waals surface area (Å²) in [6.07, 6.45) is 1.89. The molecule has 2 bridgehead atoms. The Hall–Kier alpha value is -4.09. The summed E-state index contributed by atoms with van der Waals surface area (Å²) >= 11 is 0. The molecule has 1 saturated carbocycles. The molecule has 0 radical (unpaired) electrons. The van der Waals surface area contributed by atoms with Gasteiger partial charge in [0.1, 0.15) is 12.6 Å². The Labute approximate surface area is 306 Å². The van der Waals surface area contributed by atoms with E-state index in [1.807, 2.05) is 78.9 Å². The summed E-state index contributed by atoms with van der Waals surface area (Å²) in [6, 6.07) is 24.4. The number of alkyl carbamates (subject to hydrolysis) is 1. The third-order valence-corrected chi connectivity index (χ3v) is 11.4. The van der Waals surface area contributed by atoms with Crippen LogP contribution in [0.4, 0.5) is 4.79 Å². The molecule has 52 heavy (non-hydrogen) atoms. The molecule has 10 nitrogen and oxygen atoms in total. The molecule has 7 rings (SSSR count). The topological polar surface area (TPSA) is 118 Å². The zero-order valence-corrected chi connectivity index (χ0v) is 30.6. The van der Waals surface area contributed by atoms with Gasteiger partial charge in [0.25, 0.3) is 5.91 Å². The molecule has 10 heteroatoms. The first-order chi connectivity index (χ1) is 24.9. The number of hydrogen-bond acceptors (Lipinski definition) is 8. The van der Waals surface area contributed by atoms with Crippen LogP contribution in [-0.4, -0.2) is 64.1 Å². The van der Waals surface area contributed by atoms with Gasteiger partial charge in [-0.15, -0.1) is 0 Å². The second-order valence-corrected chi connectivity index (χ2v) is 16.5. The Bertz CT molecular complexity index is 1750. The molecule has 2 N–H and O–H groups in total. The van der Waals surface area contributed by atoms with Gasteiger partial charge in [0, 0.05) is 30.6 Å². The smallest absolute Gasteiger partial charge is 0.408 e. The Morgan fingerprint density at radius 3 is 2.31 bits per heavy atom. The van der Waals surface area contributed by atoms with E-state index in [9.17, 15) is 19.5 Å². The van der Waals surface area contributed by atoms with Crippen molar-refractivity contribution >= 4 is 17.9 Å². The summed E-state index contributed by atoms with van der Waals surface area (Å²) in [4.78, 5) is 42.3. The van der Waals surface area contributed by atoms with Crippen LogP contribution in [0.15, 0.2) is 78.9 Å². The lowest BCUT2D eigenvalue weighted by atomic mass is 9.65. The molecule has 0 spiro atoms. The molecular weight excluding hydrogens is 658 g/mol. The molecule has 7 unspecified atom stereocenters. The average molecular weight is 710 g/mol. The molecule has 4 fully saturated rings. The predicted molar refractivity (Wildman–Crippen MR) is 194 cm³/mol. The van der Waals surface area contributed by atoms with Crippen molar-refractivity contribution in [3.63, 3.8) is 0 Å². The maximum Gasteiger partial charge on any atom is 0.408 e. The first kappa shape index (κ1) is 36.3. The van der Waals surface area contributed by atoms with Crippen LogP contribution in [0, 0.1) is 16.7 Å². The maximum atomic E-state index is 13.2. The third kappa shape index (κ3) is 7.95. The number of nitrogens with zero attached hydrogens (tertiary/aromatic N) is 2. The van der Waals surface area contributed by atoms with Crippen molar-refractivity contribution in [1.82, 2.24) is 15.1 Å². The van der Waals surface area contributed by atoms with E-state index in [1.54, 1.807) is 0 Å². The zero-order chi connectivity index (χ0) is 36.6. The van der Waals surface area contributed by atoms with Crippen molar-refractivity contribution in [2.24, 2.45) is 16.7 Å². The van der Waals surface area contributed by atoms with Crippen LogP contribution in [0.5, 0.6) is 0 Å². The lowest BCUT2D eigenvalue weighted by molar-refractivity contribution is -0.276. The average Bonchev–Trinajstić information content (AvgIpc) is 3.52. The molecule has 3 saturated heterocycles. The largest absolute Gasteiger partial charge is 0.445 e. The minimum absolute atomic E-state index is 0.0133. The van der Waals surface area contributed by atoms with Crippen LogP contribution >= 0.6 is 0 Å². The van der Waals surface area contributed by atoms with Crippen molar-refractivity contribution in [1.29, 1.82) is 0 Å². The second-order valence-electron chi connectivity index (χ2n) is 16.5. The minimum Gasteiger partial charge on any atom is -0.445 e. The number of rotatable bonds is 10. The van der Waals surface area contributed by atoms with Crippen molar-refractivity contribution in [2.45, 2.75) is 104 Å². The van der Waals surface area contributed by atoms with Gasteiger partial charge < -0.3 is 24.6 Å². The molecule has 1 aliphatic carbocycles. The molecular formula is C42H51N3O7. The van der Waals surface area contributed by atoms with Crippen LogP contribution in [0.3, 0.4) is 0 Å². The molecule has 4 aliphatic rings. The number of nitrogens with one attached hydrogen (secondary N) is 1. The highest BCUT2D eigenvalue weighted by Crippen LogP contribution is 2.53. The number of aliphatic hydroxyl groups excluding tert-OH is 1. The van der Waals surface area contributed by atoms with Gasteiger partial charge in [0.05, 0.1) is 31.8 Å². The molecule has 3 amide bonds. The van der Waals surface area contributed by atoms with Crippen molar-refractivity contribution in [3.05, 3.63) is 107 Å². The van der Waals surface area contributed by atoms with E-state index < -0.39 is 24.3 Å². The van der Waals surface area contributed by atoms with E-state index in [4.69, 9.17) is 14.2 Å². The van der Waals surface area contributed by atoms with Crippen LogP contribution in [0.1, 0.15) is 93.6 Å². The van der Waals surface area contributed by atoms with Crippen LogP contribution < -0.4 is 5.32 Å². The van der Waals surface area contributed by atoms with E-state index in [1.165, 1.54) is 24.2 Å². The fourth-order valence-corrected chi connectivity index (χ4v) is 9.18. The fourth-order valence-electron chi connectivity index (χ4n) is 9.18. The van der Waals surface area contributed by atoms with Gasteiger partial charge in [-0.1, -0.05) is 107 Å². The number of benzene rings is 3. The molecule has 0 aromatic heterocycles. The maximum absolute atomic E-state index is 13.2. The highest BCUT2D eigenvalue weighted by Gasteiger charge is 2.51. The van der Waals surface area contributed by atoms with Crippen molar-refractivity contribution in [2.75, 3.05) is 13.1 Å². The van der Waals surface area contributed by atoms with Gasteiger partial charge in [-0.2, -0.15) is 0 Å². The van der Waals surface area contributed by atoms with Gasteiger partial charge in [-0.05, 0) is 52.3 Å². The second kappa shape index (κ2) is 14.7. The molecule has 3 heterocycles. The number of fused-ring (bicyclic) bond motifs is 2. The lowest BCUT2D eigenvalue weighted by Crippen LogP contribution is -2.46. The van der Waals surface area contributed by atoms with Crippen LogP contribution in [0.25, 0.3) is 0 Å². The number of carbonyl (C=O) groups is 3. The van der Waals surface area contributed by atoms with Crippen LogP contribution in [0.2, 0.25) is 0 Å². The van der Waals surface area contributed by atoms with Gasteiger partial charge in [-0.25, -0.2) is 4.79 Å². The van der Waals surface area contributed by atoms with Crippen molar-refractivity contribution in [3.8, 4) is 0 Å². The number of likely N-dealkylation sites (tertiary alicyclic amines) is 2. The summed E-state index contributed by atoms with van der Waals surface area (Å²) in [6.45, 7) is 11.5. The number of aliphatic hydroxyl groups is 1. The van der Waals surface area contributed by atoms with Gasteiger partial charge in [0.2, 0.25) is 5.91 Å². The van der Waals surface area contributed by atoms with E-state index in [0.717, 1.165) is 40.9 Å². The minimum atomic E-state index is -0.967. The number of carbonyl (C=O) groups excluding carboxylic acids is 3. The quantitative estimate of drug-likeness (QED) is 0.232. The van der Waals surface area contributed by atoms with Crippen molar-refractivity contribution < 1.29 is 33.7 Å². The number of imide groups is 1. The third-order valence-electron chi connectivity index (χ3n) is 11.4. The molecule has 3 aromatic carbocycles. The first-order valence-electron chi connectivity index (χ1n) is 18.5. The van der Waals surface area contributed by atoms with E-state index in [2.05, 4.69) is 37.9 Å². The summed E-state index contributed by atoms with van der Waals surface area (Å²) in [7, 11) is 0. The SMILES string of the molecule is CC1C(CN2CC3(C)CC2CC(C)(C)C3)OC(c2ccc(CN3C(=O)CC(NC(=O)OCc4ccccc4)C3=O)cc2)OC1c1ccc(CO)cc1. The standard InChI is InChI=1S/C42H51N3O7/c1-27-35(22-44-26-42(4)20-33(44)19-41(2,3)25-42)51-39(52-37(27)31-14-12-29(23-46)13-15-31)32-16-10-28(11-17-32)21-45-36(47)18-34(38(45)48)43-40(49)50-24-30-8-6-5-7-9-30/h5-17,27,33-35,37,39,46H,18-26H2,1-4H3,(H,43,49). The molecule has 276 valence electrons. The van der Waals surface area contributed by atoms with E-state index in [-0.39, 0.29) is 50.2 Å². The Kier molecular flexibility index (Phi) is 10.3. The number of ether oxygens (including phenoxy) is 3. The summed E-state index contributed by atoms with van der Waals surface area (Å²) in [5.74, 6) is -0.724. The van der Waals surface area contributed by atoms with E-state index in [0.29, 0.717) is 16.9 Å². The van der Waals surface area contributed by atoms with E-state index >= 15 is 0 Å². The zero-order valence-electron chi connectivity index (χ0n) is 30.6. The van der Waals surface area contributed by atoms with Gasteiger partial charge >= 0.3 is 6.09 Å². The summed E-state index contributed by atoms with van der Waals surface area (Å²) in [5, 5.41) is 12.2. The first-order valence-corrected chi connectivity index (χ1v) is 18.5. The Balaban J connectivity index is 1.02. The molecule has 7 atom stereocenters. The van der Waals surface area contributed by atoms with Crippen LogP contribution in [-0.2, 0) is 43.6 Å². The number of hydrogen-bond donors (Lipinski definition) is 2. The fraction of sp³-hybridized carbons (Fsp3) is 0.500. The monoisotopic (exact) mass is 709 g/mol. The highest BCUT2D eigenvalue weighted by atomic mass is 16.7. The predicted octanol–water partition coefficient (Wildman–Crippen LogP) is 6.42. The number of amides is 3.